The van der Waals surface area contributed by atoms with Gasteiger partial charge in [0.2, 0.25) is 0 Å². The van der Waals surface area contributed by atoms with E-state index in [-0.39, 0.29) is 5.82 Å². The van der Waals surface area contributed by atoms with Crippen molar-refractivity contribution >= 4 is 0 Å². The van der Waals surface area contributed by atoms with Crippen LogP contribution in [0.2, 0.25) is 0 Å². The molecule has 0 bridgehead atoms. The molecule has 2 atom stereocenters. The summed E-state index contributed by atoms with van der Waals surface area (Å²) in [5.74, 6) is 0.637. The third-order valence-corrected chi connectivity index (χ3v) is 4.45. The first-order valence-electron chi connectivity index (χ1n) is 8.38. The van der Waals surface area contributed by atoms with Gasteiger partial charge in [-0.15, -0.1) is 0 Å². The lowest BCUT2D eigenvalue weighted by Crippen LogP contribution is -2.43. The number of nitrogens with zero attached hydrogens (tertiary/aromatic N) is 1. The van der Waals surface area contributed by atoms with Crippen LogP contribution in [0.5, 0.6) is 0 Å². The third kappa shape index (κ3) is 5.40. The van der Waals surface area contributed by atoms with Crippen LogP contribution in [-0.2, 0) is 6.42 Å². The Morgan fingerprint density at radius 3 is 2.95 bits per heavy atom. The maximum atomic E-state index is 13.3. The van der Waals surface area contributed by atoms with Gasteiger partial charge < -0.3 is 10.2 Å². The SMILES string of the molecule is CCCN(CC1CCCNC1)C(C)Cc1cccc(F)c1. The zero-order valence-electron chi connectivity index (χ0n) is 13.4. The average Bonchev–Trinajstić information content (AvgIpc) is 2.48. The van der Waals surface area contributed by atoms with Gasteiger partial charge in [-0.25, -0.2) is 4.39 Å². The highest BCUT2D eigenvalue weighted by molar-refractivity contribution is 5.17. The van der Waals surface area contributed by atoms with Gasteiger partial charge in [-0.3, -0.25) is 0 Å². The summed E-state index contributed by atoms with van der Waals surface area (Å²) in [5, 5.41) is 3.50. The Labute approximate surface area is 128 Å². The topological polar surface area (TPSA) is 15.3 Å². The molecule has 1 fully saturated rings. The van der Waals surface area contributed by atoms with Crippen LogP contribution in [0.4, 0.5) is 4.39 Å². The summed E-state index contributed by atoms with van der Waals surface area (Å²) < 4.78 is 13.3. The Morgan fingerprint density at radius 2 is 2.29 bits per heavy atom. The van der Waals surface area contributed by atoms with Crippen molar-refractivity contribution in [3.63, 3.8) is 0 Å². The molecule has 0 amide bonds. The van der Waals surface area contributed by atoms with E-state index in [1.54, 1.807) is 6.07 Å². The van der Waals surface area contributed by atoms with Gasteiger partial charge in [0.05, 0.1) is 0 Å². The molecule has 1 aliphatic rings. The molecule has 1 aromatic carbocycles. The number of hydrogen-bond acceptors (Lipinski definition) is 2. The van der Waals surface area contributed by atoms with Crippen LogP contribution < -0.4 is 5.32 Å². The van der Waals surface area contributed by atoms with Gasteiger partial charge in [0.1, 0.15) is 5.82 Å². The Balaban J connectivity index is 1.92. The number of hydrogen-bond donors (Lipinski definition) is 1. The third-order valence-electron chi connectivity index (χ3n) is 4.45. The highest BCUT2D eigenvalue weighted by Gasteiger charge is 2.20. The molecule has 0 radical (unpaired) electrons. The zero-order chi connectivity index (χ0) is 15.1. The summed E-state index contributed by atoms with van der Waals surface area (Å²) >= 11 is 0. The molecule has 1 saturated heterocycles. The summed E-state index contributed by atoms with van der Waals surface area (Å²) in [4.78, 5) is 2.59. The van der Waals surface area contributed by atoms with Crippen molar-refractivity contribution in [1.29, 1.82) is 0 Å². The van der Waals surface area contributed by atoms with Gasteiger partial charge in [-0.1, -0.05) is 19.1 Å². The standard InChI is InChI=1S/C18H29FN2/c1-3-10-21(14-17-7-5-9-20-13-17)15(2)11-16-6-4-8-18(19)12-16/h4,6,8,12,15,17,20H,3,5,7,9-11,13-14H2,1-2H3. The minimum atomic E-state index is -0.127. The Morgan fingerprint density at radius 1 is 1.43 bits per heavy atom. The van der Waals surface area contributed by atoms with Crippen molar-refractivity contribution in [1.82, 2.24) is 10.2 Å². The van der Waals surface area contributed by atoms with Crippen molar-refractivity contribution in [2.75, 3.05) is 26.2 Å². The molecule has 0 saturated carbocycles. The number of halogens is 1. The first kappa shape index (κ1) is 16.4. The van der Waals surface area contributed by atoms with E-state index in [2.05, 4.69) is 24.1 Å². The summed E-state index contributed by atoms with van der Waals surface area (Å²) in [6.45, 7) is 9.12. The molecule has 0 spiro atoms. The predicted octanol–water partition coefficient (Wildman–Crippen LogP) is 3.47. The minimum absolute atomic E-state index is 0.127. The molecule has 1 heterocycles. The number of nitrogens with one attached hydrogen (secondary N) is 1. The fourth-order valence-corrected chi connectivity index (χ4v) is 3.32. The van der Waals surface area contributed by atoms with Crippen LogP contribution in [-0.4, -0.2) is 37.1 Å². The van der Waals surface area contributed by atoms with Crippen LogP contribution >= 0.6 is 0 Å². The number of piperidine rings is 1. The van der Waals surface area contributed by atoms with E-state index in [1.807, 2.05) is 12.1 Å². The molecule has 21 heavy (non-hydrogen) atoms. The second kappa shape index (κ2) is 8.50. The maximum Gasteiger partial charge on any atom is 0.123 e. The fraction of sp³-hybridized carbons (Fsp3) is 0.667. The van der Waals surface area contributed by atoms with Crippen LogP contribution in [0.3, 0.4) is 0 Å². The number of rotatable bonds is 7. The van der Waals surface area contributed by atoms with Crippen molar-refractivity contribution in [3.8, 4) is 0 Å². The molecule has 1 N–H and O–H groups in total. The van der Waals surface area contributed by atoms with Crippen molar-refractivity contribution in [3.05, 3.63) is 35.6 Å². The first-order valence-corrected chi connectivity index (χ1v) is 8.38. The van der Waals surface area contributed by atoms with Gasteiger partial charge in [0.25, 0.3) is 0 Å². The lowest BCUT2D eigenvalue weighted by Gasteiger charge is -2.34. The molecular weight excluding hydrogens is 263 g/mol. The highest BCUT2D eigenvalue weighted by Crippen LogP contribution is 2.16. The number of benzene rings is 1. The molecule has 118 valence electrons. The van der Waals surface area contributed by atoms with E-state index in [0.717, 1.165) is 37.5 Å². The van der Waals surface area contributed by atoms with Gasteiger partial charge in [0.15, 0.2) is 0 Å². The predicted molar refractivity (Wildman–Crippen MR) is 87.0 cm³/mol. The van der Waals surface area contributed by atoms with E-state index in [1.165, 1.54) is 31.9 Å². The van der Waals surface area contributed by atoms with E-state index < -0.39 is 0 Å². The molecular formula is C18H29FN2. The van der Waals surface area contributed by atoms with Crippen LogP contribution in [0.1, 0.15) is 38.7 Å². The molecule has 1 aromatic rings. The van der Waals surface area contributed by atoms with E-state index >= 15 is 0 Å². The van der Waals surface area contributed by atoms with E-state index in [0.29, 0.717) is 6.04 Å². The summed E-state index contributed by atoms with van der Waals surface area (Å²) in [7, 11) is 0. The highest BCUT2D eigenvalue weighted by atomic mass is 19.1. The van der Waals surface area contributed by atoms with Gasteiger partial charge in [-0.05, 0) is 75.9 Å². The largest absolute Gasteiger partial charge is 0.316 e. The van der Waals surface area contributed by atoms with Crippen molar-refractivity contribution in [2.45, 2.75) is 45.6 Å². The summed E-state index contributed by atoms with van der Waals surface area (Å²) in [6.07, 6.45) is 4.73. The minimum Gasteiger partial charge on any atom is -0.316 e. The van der Waals surface area contributed by atoms with E-state index in [9.17, 15) is 4.39 Å². The van der Waals surface area contributed by atoms with Gasteiger partial charge >= 0.3 is 0 Å². The smallest absolute Gasteiger partial charge is 0.123 e. The monoisotopic (exact) mass is 292 g/mol. The molecule has 2 unspecified atom stereocenters. The lowest BCUT2D eigenvalue weighted by molar-refractivity contribution is 0.161. The van der Waals surface area contributed by atoms with Crippen molar-refractivity contribution < 1.29 is 4.39 Å². The maximum absolute atomic E-state index is 13.3. The Kier molecular flexibility index (Phi) is 6.65. The van der Waals surface area contributed by atoms with Crippen LogP contribution in [0, 0.1) is 11.7 Å². The first-order chi connectivity index (χ1) is 10.2. The average molecular weight is 292 g/mol. The molecule has 0 aliphatic carbocycles. The molecule has 1 aliphatic heterocycles. The molecule has 2 nitrogen and oxygen atoms in total. The van der Waals surface area contributed by atoms with E-state index in [4.69, 9.17) is 0 Å². The normalized spacial score (nSPS) is 20.7. The fourth-order valence-electron chi connectivity index (χ4n) is 3.32. The van der Waals surface area contributed by atoms with Gasteiger partial charge in [-0.2, -0.15) is 0 Å². The van der Waals surface area contributed by atoms with Gasteiger partial charge in [0, 0.05) is 12.6 Å². The molecule has 3 heteroatoms. The quantitative estimate of drug-likeness (QED) is 0.828. The summed E-state index contributed by atoms with van der Waals surface area (Å²) in [6, 6.07) is 7.50. The summed E-state index contributed by atoms with van der Waals surface area (Å²) in [5.41, 5.74) is 1.10. The lowest BCUT2D eigenvalue weighted by atomic mass is 9.97. The second-order valence-electron chi connectivity index (χ2n) is 6.39. The van der Waals surface area contributed by atoms with Crippen LogP contribution in [0.25, 0.3) is 0 Å². The van der Waals surface area contributed by atoms with Crippen LogP contribution in [0.15, 0.2) is 24.3 Å². The zero-order valence-corrected chi connectivity index (χ0v) is 13.4. The van der Waals surface area contributed by atoms with Crippen molar-refractivity contribution in [2.24, 2.45) is 5.92 Å². The molecule has 0 aromatic heterocycles. The Bertz CT molecular complexity index is 415. The molecule has 2 rings (SSSR count). The second-order valence-corrected chi connectivity index (χ2v) is 6.39. The Hall–Kier alpha value is -0.930.